The fourth-order valence-corrected chi connectivity index (χ4v) is 6.08. The second kappa shape index (κ2) is 6.70. The molecule has 0 spiro atoms. The number of carbonyl (C=O) groups is 1. The molecule has 1 fully saturated rings. The van der Waals surface area contributed by atoms with E-state index in [1.165, 1.54) is 22.7 Å². The van der Waals surface area contributed by atoms with Gasteiger partial charge in [0.05, 0.1) is 23.1 Å². The predicted molar refractivity (Wildman–Crippen MR) is 113 cm³/mol. The molecule has 0 radical (unpaired) electrons. The summed E-state index contributed by atoms with van der Waals surface area (Å²) in [5, 5.41) is 26.5. The van der Waals surface area contributed by atoms with Crippen molar-refractivity contribution in [1.29, 1.82) is 10.5 Å². The summed E-state index contributed by atoms with van der Waals surface area (Å²) in [4.78, 5) is 16.2. The molecule has 0 aliphatic carbocycles. The van der Waals surface area contributed by atoms with E-state index in [0.29, 0.717) is 4.88 Å². The number of hydrogen-bond donors (Lipinski definition) is 0. The summed E-state index contributed by atoms with van der Waals surface area (Å²) in [7, 11) is 0. The van der Waals surface area contributed by atoms with Crippen LogP contribution in [-0.4, -0.2) is 16.7 Å². The van der Waals surface area contributed by atoms with E-state index in [0.717, 1.165) is 16.7 Å². The van der Waals surface area contributed by atoms with Crippen molar-refractivity contribution in [3.05, 3.63) is 86.4 Å². The maximum atomic E-state index is 13.6. The number of rotatable bonds is 3. The lowest BCUT2D eigenvalue weighted by Crippen LogP contribution is -2.37. The number of carbonyl (C=O) groups excluding carboxylic acids is 1. The largest absolute Gasteiger partial charge is 0.357 e. The van der Waals surface area contributed by atoms with Gasteiger partial charge in [0.15, 0.2) is 11.2 Å². The van der Waals surface area contributed by atoms with Crippen molar-refractivity contribution in [3.63, 3.8) is 0 Å². The number of nitriles is 2. The van der Waals surface area contributed by atoms with Crippen molar-refractivity contribution in [2.75, 3.05) is 0 Å². The van der Waals surface area contributed by atoms with Crippen LogP contribution in [0.4, 0.5) is 0 Å². The lowest BCUT2D eigenvalue weighted by molar-refractivity contribution is 0.0879. The zero-order chi connectivity index (χ0) is 20.0. The average molecular weight is 414 g/mol. The minimum Gasteiger partial charge on any atom is -0.357 e. The van der Waals surface area contributed by atoms with Crippen LogP contribution in [0.3, 0.4) is 0 Å². The van der Waals surface area contributed by atoms with Gasteiger partial charge in [-0.3, -0.25) is 4.79 Å². The van der Waals surface area contributed by atoms with Crippen LogP contribution in [-0.2, 0) is 0 Å². The van der Waals surface area contributed by atoms with E-state index < -0.39 is 23.4 Å². The first-order valence-corrected chi connectivity index (χ1v) is 11.0. The lowest BCUT2D eigenvalue weighted by atomic mass is 9.68. The van der Waals surface area contributed by atoms with Gasteiger partial charge >= 0.3 is 0 Å². The van der Waals surface area contributed by atoms with Crippen LogP contribution in [0, 0.1) is 28.1 Å². The van der Waals surface area contributed by atoms with Crippen LogP contribution in [0.1, 0.15) is 38.3 Å². The van der Waals surface area contributed by atoms with Gasteiger partial charge in [-0.05, 0) is 51.0 Å². The number of nitrogens with zero attached hydrogens (tertiary/aromatic N) is 3. The van der Waals surface area contributed by atoms with Crippen LogP contribution < -0.4 is 0 Å². The molecule has 6 heteroatoms. The topological polar surface area (TPSA) is 67.9 Å². The molecular formula is C23H15N3OS2. The number of hydrogen-bond acceptors (Lipinski definition) is 6. The number of ketones is 1. The fourth-order valence-electron chi connectivity index (χ4n) is 4.68. The molecule has 1 aromatic carbocycles. The predicted octanol–water partition coefficient (Wildman–Crippen LogP) is 5.22. The Hall–Kier alpha value is -3.19. The Balaban J connectivity index is 1.78. The van der Waals surface area contributed by atoms with E-state index in [1.807, 2.05) is 75.8 Å². The van der Waals surface area contributed by atoms with E-state index >= 15 is 0 Å². The summed E-state index contributed by atoms with van der Waals surface area (Å²) in [6.07, 6.45) is 3.86. The van der Waals surface area contributed by atoms with Crippen molar-refractivity contribution in [2.24, 2.45) is 5.41 Å². The summed E-state index contributed by atoms with van der Waals surface area (Å²) in [5.41, 5.74) is 1.39. The van der Waals surface area contributed by atoms with E-state index in [1.54, 1.807) is 0 Å². The highest BCUT2D eigenvalue weighted by atomic mass is 32.1. The Morgan fingerprint density at radius 1 is 1.07 bits per heavy atom. The standard InChI is InChI=1S/C23H15N3OS2/c24-13-23(14-25)19(16-8-11-28-12-16)20(21(27)18-6-3-10-29-18)26-9-7-15-4-1-2-5-17(15)22(23)26/h1-12,19-20,22H/t19-,20+,22-/m0/s1. The molecule has 3 aromatic rings. The molecule has 2 aliphatic rings. The van der Waals surface area contributed by atoms with Gasteiger partial charge in [-0.2, -0.15) is 21.9 Å². The Bertz CT molecular complexity index is 1170. The van der Waals surface area contributed by atoms with Gasteiger partial charge in [-0.15, -0.1) is 11.3 Å². The Morgan fingerprint density at radius 2 is 1.90 bits per heavy atom. The summed E-state index contributed by atoms with van der Waals surface area (Å²) in [5.74, 6) is -0.586. The third-order valence-corrected chi connectivity index (χ3v) is 7.46. The van der Waals surface area contributed by atoms with Crippen LogP contribution >= 0.6 is 22.7 Å². The van der Waals surface area contributed by atoms with Crippen LogP contribution in [0.25, 0.3) is 6.08 Å². The highest BCUT2D eigenvalue weighted by Gasteiger charge is 2.64. The Kier molecular flexibility index (Phi) is 4.13. The lowest BCUT2D eigenvalue weighted by Gasteiger charge is -2.34. The molecule has 3 atom stereocenters. The second-order valence-corrected chi connectivity index (χ2v) is 8.94. The molecule has 0 N–H and O–H groups in total. The number of Topliss-reactive ketones (excluding diaryl/α,β-unsaturated/α-hetero) is 1. The summed E-state index contributed by atoms with van der Waals surface area (Å²) >= 11 is 2.91. The molecule has 0 saturated carbocycles. The third kappa shape index (κ3) is 2.43. The molecule has 0 bridgehead atoms. The Labute approximate surface area is 176 Å². The molecule has 0 amide bonds. The van der Waals surface area contributed by atoms with Crippen LogP contribution in [0.2, 0.25) is 0 Å². The van der Waals surface area contributed by atoms with E-state index in [9.17, 15) is 15.3 Å². The van der Waals surface area contributed by atoms with Gasteiger partial charge in [0.25, 0.3) is 0 Å². The van der Waals surface area contributed by atoms with Gasteiger partial charge in [0, 0.05) is 12.1 Å². The molecule has 1 saturated heterocycles. The van der Waals surface area contributed by atoms with Gasteiger partial charge in [0.1, 0.15) is 6.04 Å². The zero-order valence-corrected chi connectivity index (χ0v) is 16.9. The zero-order valence-electron chi connectivity index (χ0n) is 15.2. The number of fused-ring (bicyclic) bond motifs is 3. The first-order valence-electron chi connectivity index (χ1n) is 9.18. The minimum absolute atomic E-state index is 0.0439. The molecule has 140 valence electrons. The fraction of sp³-hybridized carbons (Fsp3) is 0.174. The highest BCUT2D eigenvalue weighted by molar-refractivity contribution is 7.12. The maximum Gasteiger partial charge on any atom is 0.195 e. The Morgan fingerprint density at radius 3 is 2.59 bits per heavy atom. The van der Waals surface area contributed by atoms with Crippen LogP contribution in [0.15, 0.2) is 64.8 Å². The normalized spacial score (nSPS) is 23.7. The molecule has 4 heterocycles. The van der Waals surface area contributed by atoms with Crippen molar-refractivity contribution in [2.45, 2.75) is 18.0 Å². The average Bonchev–Trinajstić information content (AvgIpc) is 3.52. The smallest absolute Gasteiger partial charge is 0.195 e. The highest BCUT2D eigenvalue weighted by Crippen LogP contribution is 2.60. The van der Waals surface area contributed by atoms with Gasteiger partial charge in [0.2, 0.25) is 0 Å². The first-order chi connectivity index (χ1) is 14.2. The van der Waals surface area contributed by atoms with E-state index in [2.05, 4.69) is 12.1 Å². The number of thiophene rings is 2. The van der Waals surface area contributed by atoms with Gasteiger partial charge < -0.3 is 4.90 Å². The first kappa shape index (κ1) is 17.9. The van der Waals surface area contributed by atoms with Crippen molar-refractivity contribution < 1.29 is 4.79 Å². The third-order valence-electron chi connectivity index (χ3n) is 5.88. The van der Waals surface area contributed by atoms with Crippen molar-refractivity contribution in [1.82, 2.24) is 4.90 Å². The summed E-state index contributed by atoms with van der Waals surface area (Å²) in [6.45, 7) is 0. The summed E-state index contributed by atoms with van der Waals surface area (Å²) in [6, 6.07) is 17.0. The molecule has 0 unspecified atom stereocenters. The number of benzene rings is 1. The monoisotopic (exact) mass is 413 g/mol. The molecular weight excluding hydrogens is 398 g/mol. The maximum absolute atomic E-state index is 13.6. The molecule has 5 rings (SSSR count). The van der Waals surface area contributed by atoms with Gasteiger partial charge in [-0.25, -0.2) is 0 Å². The van der Waals surface area contributed by atoms with Crippen molar-refractivity contribution in [3.8, 4) is 12.1 Å². The summed E-state index contributed by atoms with van der Waals surface area (Å²) < 4.78 is 0. The minimum atomic E-state index is -1.38. The quantitative estimate of drug-likeness (QED) is 0.552. The van der Waals surface area contributed by atoms with Crippen LogP contribution in [0.5, 0.6) is 0 Å². The molecule has 2 aliphatic heterocycles. The van der Waals surface area contributed by atoms with E-state index in [4.69, 9.17) is 0 Å². The van der Waals surface area contributed by atoms with Crippen molar-refractivity contribution >= 4 is 34.5 Å². The molecule has 29 heavy (non-hydrogen) atoms. The van der Waals surface area contributed by atoms with E-state index in [-0.39, 0.29) is 5.78 Å². The van der Waals surface area contributed by atoms with Gasteiger partial charge in [-0.1, -0.05) is 30.3 Å². The molecule has 4 nitrogen and oxygen atoms in total. The SMILES string of the molecule is N#CC1(C#N)[C@@H]2c3ccccc3C=CN2[C@@H](C(=O)c2cccs2)[C@@H]1c1ccsc1. The second-order valence-electron chi connectivity index (χ2n) is 7.21. The molecule has 2 aromatic heterocycles.